The molecule has 0 atom stereocenters. The number of nitrogens with one attached hydrogen (secondary N) is 1. The van der Waals surface area contributed by atoms with E-state index in [-0.39, 0.29) is 6.54 Å². The standard InChI is InChI=1S/C11H17N3O4/c1-4-14(11(2,3)9(15)16)10(17)12-7-8-5-6-18-13-8/h5-6H,4,7H2,1-3H3,(H,12,17)(H,15,16). The van der Waals surface area contributed by atoms with Gasteiger partial charge in [0.05, 0.1) is 6.54 Å². The quantitative estimate of drug-likeness (QED) is 0.820. The molecule has 2 N–H and O–H groups in total. The molecule has 18 heavy (non-hydrogen) atoms. The summed E-state index contributed by atoms with van der Waals surface area (Å²) in [5, 5.41) is 15.3. The Bertz CT molecular complexity index is 414. The van der Waals surface area contributed by atoms with Crippen molar-refractivity contribution in [1.82, 2.24) is 15.4 Å². The molecular formula is C11H17N3O4. The second-order valence-electron chi connectivity index (χ2n) is 4.26. The fourth-order valence-electron chi connectivity index (χ4n) is 1.50. The van der Waals surface area contributed by atoms with Crippen LogP contribution >= 0.6 is 0 Å². The van der Waals surface area contributed by atoms with E-state index in [0.29, 0.717) is 12.2 Å². The normalized spacial score (nSPS) is 11.1. The minimum atomic E-state index is -1.26. The first-order chi connectivity index (χ1) is 8.39. The van der Waals surface area contributed by atoms with Crippen LogP contribution in [0.15, 0.2) is 16.9 Å². The number of carbonyl (C=O) groups is 2. The summed E-state index contributed by atoms with van der Waals surface area (Å²) in [7, 11) is 0. The van der Waals surface area contributed by atoms with Crippen molar-refractivity contribution in [2.45, 2.75) is 32.9 Å². The molecule has 100 valence electrons. The number of aromatic nitrogens is 1. The molecular weight excluding hydrogens is 238 g/mol. The molecule has 0 unspecified atom stereocenters. The maximum Gasteiger partial charge on any atom is 0.329 e. The number of urea groups is 1. The van der Waals surface area contributed by atoms with Gasteiger partial charge < -0.3 is 19.8 Å². The van der Waals surface area contributed by atoms with E-state index in [1.165, 1.54) is 25.0 Å². The number of carboxylic acid groups (broad SMARTS) is 1. The summed E-state index contributed by atoms with van der Waals surface area (Å²) < 4.78 is 4.63. The molecule has 1 rings (SSSR count). The van der Waals surface area contributed by atoms with Gasteiger partial charge in [0, 0.05) is 12.6 Å². The van der Waals surface area contributed by atoms with Gasteiger partial charge in [-0.3, -0.25) is 0 Å². The second-order valence-corrected chi connectivity index (χ2v) is 4.26. The van der Waals surface area contributed by atoms with Crippen LogP contribution in [0.4, 0.5) is 4.79 Å². The number of hydrogen-bond acceptors (Lipinski definition) is 4. The smallest absolute Gasteiger partial charge is 0.329 e. The van der Waals surface area contributed by atoms with Crippen molar-refractivity contribution < 1.29 is 19.2 Å². The lowest BCUT2D eigenvalue weighted by molar-refractivity contribution is -0.147. The predicted molar refractivity (Wildman–Crippen MR) is 62.8 cm³/mol. The molecule has 7 nitrogen and oxygen atoms in total. The van der Waals surface area contributed by atoms with E-state index in [0.717, 1.165) is 0 Å². The Hall–Kier alpha value is -2.05. The van der Waals surface area contributed by atoms with Crippen LogP contribution in [-0.2, 0) is 11.3 Å². The van der Waals surface area contributed by atoms with Crippen molar-refractivity contribution >= 4 is 12.0 Å². The molecule has 1 aromatic rings. The van der Waals surface area contributed by atoms with Crippen LogP contribution in [0.3, 0.4) is 0 Å². The third-order valence-corrected chi connectivity index (χ3v) is 2.67. The molecule has 0 radical (unpaired) electrons. The zero-order valence-electron chi connectivity index (χ0n) is 10.6. The summed E-state index contributed by atoms with van der Waals surface area (Å²) in [6.07, 6.45) is 1.40. The maximum absolute atomic E-state index is 11.9. The van der Waals surface area contributed by atoms with Gasteiger partial charge in [0.15, 0.2) is 0 Å². The highest BCUT2D eigenvalue weighted by atomic mass is 16.5. The van der Waals surface area contributed by atoms with E-state index in [1.807, 2.05) is 0 Å². The van der Waals surface area contributed by atoms with Crippen LogP contribution < -0.4 is 5.32 Å². The van der Waals surface area contributed by atoms with Crippen LogP contribution in [0.2, 0.25) is 0 Å². The average molecular weight is 255 g/mol. The van der Waals surface area contributed by atoms with Gasteiger partial charge in [-0.2, -0.15) is 0 Å². The summed E-state index contributed by atoms with van der Waals surface area (Å²) in [4.78, 5) is 24.3. The van der Waals surface area contributed by atoms with Crippen LogP contribution in [0.25, 0.3) is 0 Å². The molecule has 1 heterocycles. The lowest BCUT2D eigenvalue weighted by Gasteiger charge is -2.34. The van der Waals surface area contributed by atoms with Gasteiger partial charge in [-0.15, -0.1) is 0 Å². The summed E-state index contributed by atoms with van der Waals surface area (Å²) in [5.41, 5.74) is -0.685. The molecule has 0 saturated carbocycles. The molecule has 0 bridgehead atoms. The van der Waals surface area contributed by atoms with Crippen molar-refractivity contribution in [2.24, 2.45) is 0 Å². The topological polar surface area (TPSA) is 95.7 Å². The molecule has 0 aliphatic carbocycles. The van der Waals surface area contributed by atoms with Gasteiger partial charge in [0.25, 0.3) is 0 Å². The molecule has 2 amide bonds. The Balaban J connectivity index is 2.65. The second kappa shape index (κ2) is 5.52. The predicted octanol–water partition coefficient (Wildman–Crippen LogP) is 1.07. The van der Waals surface area contributed by atoms with Crippen molar-refractivity contribution in [1.29, 1.82) is 0 Å². The van der Waals surface area contributed by atoms with E-state index in [1.54, 1.807) is 13.0 Å². The molecule has 0 aliphatic heterocycles. The summed E-state index contributed by atoms with van der Waals surface area (Å²) in [6.45, 7) is 5.18. The zero-order valence-corrected chi connectivity index (χ0v) is 10.6. The van der Waals surface area contributed by atoms with Crippen LogP contribution in [-0.4, -0.2) is 39.2 Å². The first-order valence-electron chi connectivity index (χ1n) is 5.57. The molecule has 0 saturated heterocycles. The van der Waals surface area contributed by atoms with Crippen molar-refractivity contribution in [3.8, 4) is 0 Å². The minimum absolute atomic E-state index is 0.196. The van der Waals surface area contributed by atoms with E-state index >= 15 is 0 Å². The van der Waals surface area contributed by atoms with Gasteiger partial charge in [0.2, 0.25) is 0 Å². The summed E-state index contributed by atoms with van der Waals surface area (Å²) in [6, 6.07) is 1.17. The first kappa shape index (κ1) is 14.0. The van der Waals surface area contributed by atoms with Crippen LogP contribution in [0.5, 0.6) is 0 Å². The number of likely N-dealkylation sites (N-methyl/N-ethyl adjacent to an activating group) is 1. The largest absolute Gasteiger partial charge is 0.480 e. The number of nitrogens with zero attached hydrogens (tertiary/aromatic N) is 2. The minimum Gasteiger partial charge on any atom is -0.480 e. The lowest BCUT2D eigenvalue weighted by Crippen LogP contribution is -2.55. The maximum atomic E-state index is 11.9. The van der Waals surface area contributed by atoms with E-state index < -0.39 is 17.5 Å². The molecule has 7 heteroatoms. The molecule has 0 aliphatic rings. The van der Waals surface area contributed by atoms with E-state index in [4.69, 9.17) is 5.11 Å². The third-order valence-electron chi connectivity index (χ3n) is 2.67. The average Bonchev–Trinajstić information content (AvgIpc) is 2.79. The van der Waals surface area contributed by atoms with Crippen LogP contribution in [0.1, 0.15) is 26.5 Å². The number of aliphatic carboxylic acids is 1. The molecule has 0 fully saturated rings. The van der Waals surface area contributed by atoms with E-state index in [9.17, 15) is 9.59 Å². The highest BCUT2D eigenvalue weighted by Gasteiger charge is 2.36. The van der Waals surface area contributed by atoms with Crippen LogP contribution in [0, 0.1) is 0 Å². The van der Waals surface area contributed by atoms with Gasteiger partial charge in [-0.1, -0.05) is 5.16 Å². The van der Waals surface area contributed by atoms with Gasteiger partial charge in [-0.05, 0) is 20.8 Å². The number of carboxylic acids is 1. The highest BCUT2D eigenvalue weighted by molar-refractivity contribution is 5.85. The molecule has 0 spiro atoms. The van der Waals surface area contributed by atoms with E-state index in [2.05, 4.69) is 15.0 Å². The zero-order chi connectivity index (χ0) is 13.8. The fourth-order valence-corrected chi connectivity index (χ4v) is 1.50. The van der Waals surface area contributed by atoms with Crippen molar-refractivity contribution in [2.75, 3.05) is 6.54 Å². The number of hydrogen-bond donors (Lipinski definition) is 2. The summed E-state index contributed by atoms with van der Waals surface area (Å²) in [5.74, 6) is -1.05. The fraction of sp³-hybridized carbons (Fsp3) is 0.545. The monoisotopic (exact) mass is 255 g/mol. The highest BCUT2D eigenvalue weighted by Crippen LogP contribution is 2.14. The molecule has 0 aromatic carbocycles. The SMILES string of the molecule is CCN(C(=O)NCc1ccon1)C(C)(C)C(=O)O. The van der Waals surface area contributed by atoms with Gasteiger partial charge >= 0.3 is 12.0 Å². The Morgan fingerprint density at radius 3 is 2.67 bits per heavy atom. The Morgan fingerprint density at radius 2 is 2.22 bits per heavy atom. The van der Waals surface area contributed by atoms with Crippen molar-refractivity contribution in [3.63, 3.8) is 0 Å². The number of amides is 2. The Kier molecular flexibility index (Phi) is 4.30. The van der Waals surface area contributed by atoms with Crippen molar-refractivity contribution in [3.05, 3.63) is 18.0 Å². The Labute approximate surface area is 105 Å². The molecule has 1 aromatic heterocycles. The van der Waals surface area contributed by atoms with Gasteiger partial charge in [-0.25, -0.2) is 9.59 Å². The summed E-state index contributed by atoms with van der Waals surface area (Å²) >= 11 is 0. The third kappa shape index (κ3) is 2.99. The lowest BCUT2D eigenvalue weighted by atomic mass is 10.0. The number of rotatable bonds is 5. The number of carbonyl (C=O) groups excluding carboxylic acids is 1. The van der Waals surface area contributed by atoms with Gasteiger partial charge in [0.1, 0.15) is 17.5 Å². The Morgan fingerprint density at radius 1 is 1.56 bits per heavy atom. The first-order valence-corrected chi connectivity index (χ1v) is 5.57.